The highest BCUT2D eigenvalue weighted by atomic mass is 16.3. The van der Waals surface area contributed by atoms with Crippen LogP contribution in [0.1, 0.15) is 31.0 Å². The molecule has 1 unspecified atom stereocenters. The number of anilines is 2. The van der Waals surface area contributed by atoms with E-state index in [1.165, 1.54) is 17.0 Å². The van der Waals surface area contributed by atoms with Crippen molar-refractivity contribution in [3.8, 4) is 5.75 Å². The first-order valence-corrected chi connectivity index (χ1v) is 12.4. The molecule has 0 saturated carbocycles. The van der Waals surface area contributed by atoms with Gasteiger partial charge in [-0.2, -0.15) is 0 Å². The fourth-order valence-corrected chi connectivity index (χ4v) is 5.01. The van der Waals surface area contributed by atoms with Gasteiger partial charge in [-0.25, -0.2) is 0 Å². The minimum absolute atomic E-state index is 0.00525. The molecule has 0 bridgehead atoms. The average Bonchev–Trinajstić information content (AvgIpc) is 3.19. The minimum atomic E-state index is -0.905. The van der Waals surface area contributed by atoms with Crippen LogP contribution in [0.4, 0.5) is 11.4 Å². The zero-order valence-electron chi connectivity index (χ0n) is 20.8. The van der Waals surface area contributed by atoms with Crippen LogP contribution in [-0.2, 0) is 9.59 Å². The summed E-state index contributed by atoms with van der Waals surface area (Å²) in [4.78, 5) is 30.4. The minimum Gasteiger partial charge on any atom is -0.508 e. The molecule has 1 aliphatic heterocycles. The molecule has 1 atom stereocenters. The number of hydrogen-bond acceptors (Lipinski definition) is 5. The van der Waals surface area contributed by atoms with Crippen LogP contribution >= 0.6 is 0 Å². The molecule has 5 rings (SSSR count). The maximum atomic E-state index is 13.4. The smallest absolute Gasteiger partial charge is 0.300 e. The number of ketones is 1. The molecule has 1 fully saturated rings. The fourth-order valence-electron chi connectivity index (χ4n) is 5.01. The predicted molar refractivity (Wildman–Crippen MR) is 147 cm³/mol. The second kappa shape index (κ2) is 9.82. The van der Waals surface area contributed by atoms with E-state index in [1.54, 1.807) is 24.3 Å². The molecule has 6 nitrogen and oxygen atoms in total. The third-order valence-corrected chi connectivity index (χ3v) is 6.91. The van der Waals surface area contributed by atoms with Gasteiger partial charge in [-0.3, -0.25) is 14.5 Å². The van der Waals surface area contributed by atoms with Crippen LogP contribution in [0.3, 0.4) is 0 Å². The zero-order valence-corrected chi connectivity index (χ0v) is 20.8. The van der Waals surface area contributed by atoms with Crippen LogP contribution in [-0.4, -0.2) is 35.0 Å². The first-order valence-electron chi connectivity index (χ1n) is 12.4. The Balaban J connectivity index is 1.67. The first-order chi connectivity index (χ1) is 17.9. The van der Waals surface area contributed by atoms with Gasteiger partial charge in [0.15, 0.2) is 0 Å². The van der Waals surface area contributed by atoms with E-state index in [9.17, 15) is 19.8 Å². The molecule has 2 N–H and O–H groups in total. The Morgan fingerprint density at radius 3 is 2.22 bits per heavy atom. The summed E-state index contributed by atoms with van der Waals surface area (Å²) in [5.41, 5.74) is 2.49. The standard InChI is InChI=1S/C31H28N2O4/c1-3-32(4-2)24-14-16-25(17-15-24)33-28(22-10-7-11-26(34)19-22)27(30(36)31(33)37)29(35)23-13-12-20-8-5-6-9-21(20)18-23/h5-19,28,34-35H,3-4H2,1-2H3/b29-27-. The second-order valence-electron chi connectivity index (χ2n) is 9.01. The Morgan fingerprint density at radius 1 is 0.838 bits per heavy atom. The largest absolute Gasteiger partial charge is 0.508 e. The van der Waals surface area contributed by atoms with Crippen LogP contribution < -0.4 is 9.80 Å². The summed E-state index contributed by atoms with van der Waals surface area (Å²) < 4.78 is 0. The number of carbonyl (C=O) groups is 2. The van der Waals surface area contributed by atoms with Crippen LogP contribution in [0, 0.1) is 0 Å². The highest BCUT2D eigenvalue weighted by Gasteiger charge is 2.47. The van der Waals surface area contributed by atoms with E-state index in [0.29, 0.717) is 16.8 Å². The Hall–Kier alpha value is -4.58. The van der Waals surface area contributed by atoms with E-state index in [1.807, 2.05) is 54.6 Å². The predicted octanol–water partition coefficient (Wildman–Crippen LogP) is 6.02. The van der Waals surface area contributed by atoms with E-state index < -0.39 is 17.7 Å². The molecular weight excluding hydrogens is 464 g/mol. The van der Waals surface area contributed by atoms with Gasteiger partial charge in [-0.05, 0) is 72.6 Å². The molecule has 0 spiro atoms. The number of Topliss-reactive ketones (excluding diaryl/α,β-unsaturated/α-hetero) is 1. The lowest BCUT2D eigenvalue weighted by molar-refractivity contribution is -0.132. The molecule has 4 aromatic carbocycles. The highest BCUT2D eigenvalue weighted by Crippen LogP contribution is 2.43. The van der Waals surface area contributed by atoms with Crippen molar-refractivity contribution in [3.05, 3.63) is 108 Å². The number of aliphatic hydroxyl groups excluding tert-OH is 1. The number of phenolic OH excluding ortho intramolecular Hbond substituents is 1. The van der Waals surface area contributed by atoms with Gasteiger partial charge in [-0.1, -0.05) is 48.5 Å². The van der Waals surface area contributed by atoms with Gasteiger partial charge in [0.1, 0.15) is 11.5 Å². The van der Waals surface area contributed by atoms with E-state index in [4.69, 9.17) is 0 Å². The summed E-state index contributed by atoms with van der Waals surface area (Å²) in [7, 11) is 0. The van der Waals surface area contributed by atoms with Crippen molar-refractivity contribution in [1.82, 2.24) is 0 Å². The number of amides is 1. The third kappa shape index (κ3) is 4.31. The molecule has 1 heterocycles. The normalized spacial score (nSPS) is 16.9. The van der Waals surface area contributed by atoms with Crippen molar-refractivity contribution >= 4 is 39.6 Å². The summed E-state index contributed by atoms with van der Waals surface area (Å²) in [5.74, 6) is -1.75. The third-order valence-electron chi connectivity index (χ3n) is 6.91. The maximum Gasteiger partial charge on any atom is 0.300 e. The van der Waals surface area contributed by atoms with Crippen molar-refractivity contribution < 1.29 is 19.8 Å². The molecule has 0 radical (unpaired) electrons. The Bertz CT molecular complexity index is 1520. The lowest BCUT2D eigenvalue weighted by atomic mass is 9.94. The molecule has 0 aliphatic carbocycles. The number of benzene rings is 4. The van der Waals surface area contributed by atoms with Gasteiger partial charge < -0.3 is 15.1 Å². The van der Waals surface area contributed by atoms with Gasteiger partial charge in [0, 0.05) is 30.0 Å². The average molecular weight is 493 g/mol. The van der Waals surface area contributed by atoms with Crippen molar-refractivity contribution in [3.63, 3.8) is 0 Å². The SMILES string of the molecule is CCN(CC)c1ccc(N2C(=O)C(=O)/C(=C(\O)c3ccc4ccccc4c3)C2c2cccc(O)c2)cc1. The Kier molecular flexibility index (Phi) is 6.40. The first kappa shape index (κ1) is 24.1. The Labute approximate surface area is 215 Å². The number of hydrogen-bond donors (Lipinski definition) is 2. The summed E-state index contributed by atoms with van der Waals surface area (Å²) in [6, 6.07) is 26.1. The topological polar surface area (TPSA) is 81.1 Å². The number of fused-ring (bicyclic) bond motifs is 1. The number of phenols is 1. The van der Waals surface area contributed by atoms with Crippen LogP contribution in [0.15, 0.2) is 96.6 Å². The summed E-state index contributed by atoms with van der Waals surface area (Å²) in [6.45, 7) is 5.83. The molecule has 4 aromatic rings. The monoisotopic (exact) mass is 492 g/mol. The molecule has 6 heteroatoms. The summed E-state index contributed by atoms with van der Waals surface area (Å²) >= 11 is 0. The van der Waals surface area contributed by atoms with Crippen molar-refractivity contribution in [1.29, 1.82) is 0 Å². The van der Waals surface area contributed by atoms with Crippen LogP contribution in [0.2, 0.25) is 0 Å². The van der Waals surface area contributed by atoms with Gasteiger partial charge in [-0.15, -0.1) is 0 Å². The quantitative estimate of drug-likeness (QED) is 0.195. The van der Waals surface area contributed by atoms with Crippen LogP contribution in [0.5, 0.6) is 5.75 Å². The van der Waals surface area contributed by atoms with Gasteiger partial charge in [0.05, 0.1) is 11.6 Å². The molecule has 1 aliphatic rings. The number of aromatic hydroxyl groups is 1. The lowest BCUT2D eigenvalue weighted by Gasteiger charge is -2.27. The van der Waals surface area contributed by atoms with Crippen molar-refractivity contribution in [2.45, 2.75) is 19.9 Å². The summed E-state index contributed by atoms with van der Waals surface area (Å²) in [5, 5.41) is 23.5. The van der Waals surface area contributed by atoms with Gasteiger partial charge >= 0.3 is 0 Å². The number of rotatable bonds is 6. The molecule has 1 saturated heterocycles. The molecule has 0 aromatic heterocycles. The second-order valence-corrected chi connectivity index (χ2v) is 9.01. The fraction of sp³-hybridized carbons (Fsp3) is 0.161. The van der Waals surface area contributed by atoms with E-state index in [-0.39, 0.29) is 17.1 Å². The maximum absolute atomic E-state index is 13.4. The number of nitrogens with zero attached hydrogens (tertiary/aromatic N) is 2. The van der Waals surface area contributed by atoms with E-state index in [0.717, 1.165) is 29.5 Å². The summed E-state index contributed by atoms with van der Waals surface area (Å²) in [6.07, 6.45) is 0. The Morgan fingerprint density at radius 2 is 1.54 bits per heavy atom. The van der Waals surface area contributed by atoms with Crippen molar-refractivity contribution in [2.24, 2.45) is 0 Å². The highest BCUT2D eigenvalue weighted by molar-refractivity contribution is 6.51. The van der Waals surface area contributed by atoms with Crippen LogP contribution in [0.25, 0.3) is 16.5 Å². The van der Waals surface area contributed by atoms with Crippen molar-refractivity contribution in [2.75, 3.05) is 22.9 Å². The van der Waals surface area contributed by atoms with E-state index in [2.05, 4.69) is 18.7 Å². The molecular formula is C31H28N2O4. The number of aliphatic hydroxyl groups is 1. The van der Waals surface area contributed by atoms with E-state index >= 15 is 0 Å². The molecule has 186 valence electrons. The van der Waals surface area contributed by atoms with Gasteiger partial charge in [0.25, 0.3) is 11.7 Å². The molecule has 37 heavy (non-hydrogen) atoms. The lowest BCUT2D eigenvalue weighted by Crippen LogP contribution is -2.29. The number of carbonyl (C=O) groups excluding carboxylic acids is 2. The molecule has 1 amide bonds. The zero-order chi connectivity index (χ0) is 26.1. The van der Waals surface area contributed by atoms with Gasteiger partial charge in [0.2, 0.25) is 0 Å².